The molecule has 0 atom stereocenters. The molecule has 6 nitrogen and oxygen atoms in total. The van der Waals surface area contributed by atoms with Crippen molar-refractivity contribution in [2.75, 3.05) is 13.1 Å². The van der Waals surface area contributed by atoms with Gasteiger partial charge in [0.2, 0.25) is 17.7 Å². The predicted molar refractivity (Wildman–Crippen MR) is 91.4 cm³/mol. The maximum absolute atomic E-state index is 12.5. The number of carbonyl (C=O) groups excluding carboxylic acids is 2. The van der Waals surface area contributed by atoms with Crippen LogP contribution in [0.15, 0.2) is 21.9 Å². The number of primary amides is 1. The van der Waals surface area contributed by atoms with Gasteiger partial charge >= 0.3 is 0 Å². The molecule has 3 rings (SSSR count). The van der Waals surface area contributed by atoms with E-state index < -0.39 is 0 Å². The molecule has 0 spiro atoms. The third-order valence-corrected chi connectivity index (χ3v) is 5.26. The number of aromatic nitrogens is 1. The monoisotopic (exact) mass is 347 g/mol. The largest absolute Gasteiger partial charge is 0.440 e. The van der Waals surface area contributed by atoms with Crippen LogP contribution >= 0.6 is 11.3 Å². The first-order valence-corrected chi connectivity index (χ1v) is 8.97. The lowest BCUT2D eigenvalue weighted by Crippen LogP contribution is -2.40. The van der Waals surface area contributed by atoms with Crippen molar-refractivity contribution in [3.8, 4) is 10.8 Å². The lowest BCUT2D eigenvalue weighted by molar-refractivity contribution is -0.132. The molecular formula is C17H21N3O3S. The smallest absolute Gasteiger partial charge is 0.236 e. The minimum Gasteiger partial charge on any atom is -0.440 e. The molecular weight excluding hydrogens is 326 g/mol. The molecule has 2 amide bonds. The van der Waals surface area contributed by atoms with Crippen LogP contribution in [0.2, 0.25) is 0 Å². The summed E-state index contributed by atoms with van der Waals surface area (Å²) >= 11 is 1.56. The first-order chi connectivity index (χ1) is 11.5. The fourth-order valence-electron chi connectivity index (χ4n) is 3.02. The quantitative estimate of drug-likeness (QED) is 0.899. The van der Waals surface area contributed by atoms with E-state index in [2.05, 4.69) is 4.98 Å². The summed E-state index contributed by atoms with van der Waals surface area (Å²) < 4.78 is 5.69. The first kappa shape index (κ1) is 16.7. The van der Waals surface area contributed by atoms with Crippen molar-refractivity contribution in [1.82, 2.24) is 9.88 Å². The van der Waals surface area contributed by atoms with E-state index in [1.165, 1.54) is 0 Å². The van der Waals surface area contributed by atoms with Crippen molar-refractivity contribution in [1.29, 1.82) is 0 Å². The van der Waals surface area contributed by atoms with Crippen molar-refractivity contribution in [2.45, 2.75) is 32.6 Å². The summed E-state index contributed by atoms with van der Waals surface area (Å²) in [6.45, 7) is 3.18. The van der Waals surface area contributed by atoms with E-state index in [-0.39, 0.29) is 18.2 Å². The molecule has 2 N–H and O–H groups in total. The minimum absolute atomic E-state index is 0.0571. The zero-order valence-electron chi connectivity index (χ0n) is 13.7. The van der Waals surface area contributed by atoms with Crippen LogP contribution in [0.5, 0.6) is 0 Å². The second-order valence-electron chi connectivity index (χ2n) is 6.17. The Morgan fingerprint density at radius 3 is 2.79 bits per heavy atom. The Bertz CT molecular complexity index is 716. The lowest BCUT2D eigenvalue weighted by atomic mass is 9.93. The Morgan fingerprint density at radius 2 is 2.17 bits per heavy atom. The molecule has 7 heteroatoms. The van der Waals surface area contributed by atoms with Crippen LogP contribution in [-0.4, -0.2) is 34.8 Å². The second-order valence-corrected chi connectivity index (χ2v) is 7.12. The van der Waals surface area contributed by atoms with Crippen molar-refractivity contribution in [3.63, 3.8) is 0 Å². The highest BCUT2D eigenvalue weighted by molar-refractivity contribution is 7.13. The molecule has 1 aliphatic heterocycles. The number of hydrogen-bond donors (Lipinski definition) is 1. The van der Waals surface area contributed by atoms with Crippen LogP contribution in [0.3, 0.4) is 0 Å². The van der Waals surface area contributed by atoms with E-state index >= 15 is 0 Å². The van der Waals surface area contributed by atoms with Crippen molar-refractivity contribution in [2.24, 2.45) is 11.7 Å². The van der Waals surface area contributed by atoms with Crippen LogP contribution in [0.4, 0.5) is 0 Å². The summed E-state index contributed by atoms with van der Waals surface area (Å²) in [6.07, 6.45) is 2.32. The molecule has 3 heterocycles. The molecule has 1 fully saturated rings. The number of rotatable bonds is 5. The van der Waals surface area contributed by atoms with E-state index in [0.29, 0.717) is 42.8 Å². The highest BCUT2D eigenvalue weighted by atomic mass is 32.1. The Hall–Kier alpha value is -2.15. The third kappa shape index (κ3) is 3.84. The Labute approximate surface area is 144 Å². The summed E-state index contributed by atoms with van der Waals surface area (Å²) in [7, 11) is 0. The predicted octanol–water partition coefficient (Wildman–Crippen LogP) is 2.37. The molecule has 1 saturated heterocycles. The highest BCUT2D eigenvalue weighted by Gasteiger charge is 2.25. The van der Waals surface area contributed by atoms with Gasteiger partial charge < -0.3 is 15.1 Å². The van der Waals surface area contributed by atoms with Crippen molar-refractivity contribution in [3.05, 3.63) is 29.0 Å². The Morgan fingerprint density at radius 1 is 1.42 bits per heavy atom. The zero-order valence-corrected chi connectivity index (χ0v) is 14.5. The number of hydrogen-bond acceptors (Lipinski definition) is 5. The number of amides is 2. The molecule has 128 valence electrons. The van der Waals surface area contributed by atoms with E-state index in [0.717, 1.165) is 17.7 Å². The van der Waals surface area contributed by atoms with Gasteiger partial charge in [-0.1, -0.05) is 6.07 Å². The van der Waals surface area contributed by atoms with E-state index in [1.54, 1.807) is 11.3 Å². The summed E-state index contributed by atoms with van der Waals surface area (Å²) in [6, 6.07) is 3.89. The summed E-state index contributed by atoms with van der Waals surface area (Å²) in [5.41, 5.74) is 5.94. The average Bonchev–Trinajstić information content (AvgIpc) is 3.18. The van der Waals surface area contributed by atoms with Crippen LogP contribution in [-0.2, 0) is 16.0 Å². The molecule has 1 aliphatic rings. The van der Waals surface area contributed by atoms with Crippen LogP contribution < -0.4 is 5.73 Å². The first-order valence-electron chi connectivity index (χ1n) is 8.09. The maximum atomic E-state index is 12.5. The van der Waals surface area contributed by atoms with Gasteiger partial charge in [-0.05, 0) is 37.1 Å². The standard InChI is InChI=1S/C17H21N3O3S/c1-11-13(19-17(23-11)14-3-2-8-24-14)10-16(22)20-6-4-12(5-7-20)9-15(18)21/h2-3,8,12H,4-7,9-10H2,1H3,(H2,18,21). The molecule has 0 unspecified atom stereocenters. The van der Waals surface area contributed by atoms with Gasteiger partial charge in [-0.2, -0.15) is 0 Å². The molecule has 0 aliphatic carbocycles. The van der Waals surface area contributed by atoms with Gasteiger partial charge in [-0.3, -0.25) is 9.59 Å². The summed E-state index contributed by atoms with van der Waals surface area (Å²) in [5, 5.41) is 1.97. The number of nitrogens with two attached hydrogens (primary N) is 1. The van der Waals surface area contributed by atoms with Gasteiger partial charge in [0.1, 0.15) is 5.76 Å². The second kappa shape index (κ2) is 7.17. The SMILES string of the molecule is Cc1oc(-c2cccs2)nc1CC(=O)N1CCC(CC(N)=O)CC1. The average molecular weight is 347 g/mol. The fraction of sp³-hybridized carbons (Fsp3) is 0.471. The lowest BCUT2D eigenvalue weighted by Gasteiger charge is -2.31. The number of aryl methyl sites for hydroxylation is 1. The van der Waals surface area contributed by atoms with Crippen LogP contribution in [0.1, 0.15) is 30.7 Å². The molecule has 0 bridgehead atoms. The van der Waals surface area contributed by atoms with E-state index in [9.17, 15) is 9.59 Å². The molecule has 2 aromatic heterocycles. The molecule has 24 heavy (non-hydrogen) atoms. The molecule has 0 aromatic carbocycles. The van der Waals surface area contributed by atoms with E-state index in [4.69, 9.17) is 10.2 Å². The number of oxazole rings is 1. The van der Waals surface area contributed by atoms with Gasteiger partial charge in [0.15, 0.2) is 0 Å². The van der Waals surface area contributed by atoms with Crippen molar-refractivity contribution >= 4 is 23.2 Å². The third-order valence-electron chi connectivity index (χ3n) is 4.40. The molecule has 0 radical (unpaired) electrons. The number of piperidine rings is 1. The Kier molecular flexibility index (Phi) is 4.99. The van der Waals surface area contributed by atoms with E-state index in [1.807, 2.05) is 29.3 Å². The normalized spacial score (nSPS) is 15.6. The minimum atomic E-state index is -0.265. The van der Waals surface area contributed by atoms with Crippen LogP contribution in [0, 0.1) is 12.8 Å². The maximum Gasteiger partial charge on any atom is 0.236 e. The number of likely N-dealkylation sites (tertiary alicyclic amines) is 1. The summed E-state index contributed by atoms with van der Waals surface area (Å²) in [4.78, 5) is 30.8. The summed E-state index contributed by atoms with van der Waals surface area (Å²) in [5.74, 6) is 1.35. The van der Waals surface area contributed by atoms with Crippen molar-refractivity contribution < 1.29 is 14.0 Å². The van der Waals surface area contributed by atoms with Gasteiger partial charge in [0.25, 0.3) is 0 Å². The number of nitrogens with zero attached hydrogens (tertiary/aromatic N) is 2. The van der Waals surface area contributed by atoms with Gasteiger partial charge in [-0.25, -0.2) is 4.98 Å². The fourth-order valence-corrected chi connectivity index (χ4v) is 3.67. The Balaban J connectivity index is 1.59. The van der Waals surface area contributed by atoms with Crippen LogP contribution in [0.25, 0.3) is 10.8 Å². The van der Waals surface area contributed by atoms with Gasteiger partial charge in [-0.15, -0.1) is 11.3 Å². The zero-order chi connectivity index (χ0) is 17.1. The number of carbonyl (C=O) groups is 2. The van der Waals surface area contributed by atoms with Gasteiger partial charge in [0, 0.05) is 19.5 Å². The molecule has 0 saturated carbocycles. The van der Waals surface area contributed by atoms with Gasteiger partial charge in [0.05, 0.1) is 17.0 Å². The number of thiophene rings is 1. The highest BCUT2D eigenvalue weighted by Crippen LogP contribution is 2.27. The topological polar surface area (TPSA) is 89.4 Å². The molecule has 2 aromatic rings.